The zero-order valence-electron chi connectivity index (χ0n) is 7.15. The van der Waals surface area contributed by atoms with E-state index in [9.17, 15) is 9.59 Å². The predicted molar refractivity (Wildman–Crippen MR) is 45.0 cm³/mol. The van der Waals surface area contributed by atoms with Crippen LogP contribution < -0.4 is 0 Å². The molecular weight excluding hydrogens is 154 g/mol. The molecule has 0 atom stereocenters. The molecule has 1 heterocycles. The third-order valence-electron chi connectivity index (χ3n) is 1.74. The molecule has 0 aromatic carbocycles. The van der Waals surface area contributed by atoms with Crippen molar-refractivity contribution in [3.63, 3.8) is 0 Å². The highest BCUT2D eigenvalue weighted by atomic mass is 16.2. The van der Waals surface area contributed by atoms with Crippen molar-refractivity contribution in [3.05, 3.63) is 24.6 Å². The Balaban J connectivity index is 2.66. The van der Waals surface area contributed by atoms with Gasteiger partial charge in [-0.2, -0.15) is 0 Å². The first-order chi connectivity index (χ1) is 5.61. The topological polar surface area (TPSA) is 37.4 Å². The number of nitrogens with zero attached hydrogens (tertiary/aromatic N) is 1. The summed E-state index contributed by atoms with van der Waals surface area (Å²) in [7, 11) is 0. The van der Waals surface area contributed by atoms with Crippen molar-refractivity contribution in [2.24, 2.45) is 5.92 Å². The summed E-state index contributed by atoms with van der Waals surface area (Å²) in [6, 6.07) is 0. The maximum atomic E-state index is 10.9. The van der Waals surface area contributed by atoms with Gasteiger partial charge in [0.2, 0.25) is 5.91 Å². The lowest BCUT2D eigenvalue weighted by atomic mass is 10.0. The molecule has 0 aromatic rings. The van der Waals surface area contributed by atoms with Crippen LogP contribution in [0.5, 0.6) is 0 Å². The molecule has 12 heavy (non-hydrogen) atoms. The van der Waals surface area contributed by atoms with E-state index in [-0.39, 0.29) is 17.6 Å². The third kappa shape index (κ3) is 1.81. The fourth-order valence-corrected chi connectivity index (χ4v) is 0.966. The Morgan fingerprint density at radius 1 is 1.17 bits per heavy atom. The van der Waals surface area contributed by atoms with E-state index in [0.717, 1.165) is 0 Å². The molecule has 1 amide bonds. The van der Waals surface area contributed by atoms with Crippen LogP contribution in [0.1, 0.15) is 13.8 Å². The van der Waals surface area contributed by atoms with Crippen LogP contribution in [0.4, 0.5) is 0 Å². The molecule has 0 N–H and O–H groups in total. The largest absolute Gasteiger partial charge is 0.299 e. The third-order valence-corrected chi connectivity index (χ3v) is 1.74. The van der Waals surface area contributed by atoms with E-state index in [1.165, 1.54) is 18.7 Å². The van der Waals surface area contributed by atoms with Crippen molar-refractivity contribution in [1.82, 2.24) is 4.90 Å². The minimum absolute atomic E-state index is 0.0514. The molecule has 0 radical (unpaired) electrons. The average molecular weight is 165 g/mol. The van der Waals surface area contributed by atoms with Crippen LogP contribution in [0.3, 0.4) is 0 Å². The standard InChI is InChI=1S/C9H11NO2/c1-7(11)9-3-5-10(6-4-9)8(2)12/h3-6,9H,1-2H3. The van der Waals surface area contributed by atoms with Crippen LogP contribution in [0.15, 0.2) is 24.6 Å². The average Bonchev–Trinajstić information content (AvgIpc) is 2.04. The number of ketones is 1. The highest BCUT2D eigenvalue weighted by Crippen LogP contribution is 2.10. The van der Waals surface area contributed by atoms with E-state index in [0.29, 0.717) is 0 Å². The van der Waals surface area contributed by atoms with E-state index in [2.05, 4.69) is 0 Å². The molecule has 3 nitrogen and oxygen atoms in total. The van der Waals surface area contributed by atoms with E-state index in [4.69, 9.17) is 0 Å². The van der Waals surface area contributed by atoms with Crippen molar-refractivity contribution >= 4 is 11.7 Å². The molecule has 0 aromatic heterocycles. The Hall–Kier alpha value is -1.38. The summed E-state index contributed by atoms with van der Waals surface area (Å²) in [5, 5.41) is 0. The van der Waals surface area contributed by atoms with E-state index in [1.807, 2.05) is 0 Å². The highest BCUT2D eigenvalue weighted by molar-refractivity contribution is 5.83. The summed E-state index contributed by atoms with van der Waals surface area (Å²) in [4.78, 5) is 23.1. The molecule has 64 valence electrons. The SMILES string of the molecule is CC(=O)C1C=CN(C(C)=O)C=C1. The monoisotopic (exact) mass is 165 g/mol. The van der Waals surface area contributed by atoms with Crippen molar-refractivity contribution in [2.45, 2.75) is 13.8 Å². The zero-order valence-corrected chi connectivity index (χ0v) is 7.15. The van der Waals surface area contributed by atoms with Crippen LogP contribution in [-0.4, -0.2) is 16.6 Å². The van der Waals surface area contributed by atoms with Gasteiger partial charge in [-0.15, -0.1) is 0 Å². The maximum absolute atomic E-state index is 10.9. The van der Waals surface area contributed by atoms with Crippen molar-refractivity contribution < 1.29 is 9.59 Å². The lowest BCUT2D eigenvalue weighted by molar-refractivity contribution is -0.124. The second-order valence-electron chi connectivity index (χ2n) is 2.75. The van der Waals surface area contributed by atoms with E-state index in [1.54, 1.807) is 24.6 Å². The van der Waals surface area contributed by atoms with Crippen molar-refractivity contribution in [3.8, 4) is 0 Å². The number of carbonyl (C=O) groups excluding carboxylic acids is 2. The highest BCUT2D eigenvalue weighted by Gasteiger charge is 2.12. The van der Waals surface area contributed by atoms with Crippen LogP contribution in [0.25, 0.3) is 0 Å². The van der Waals surface area contributed by atoms with Crippen LogP contribution in [0.2, 0.25) is 0 Å². The van der Waals surface area contributed by atoms with Gasteiger partial charge < -0.3 is 0 Å². The molecule has 0 aliphatic carbocycles. The fraction of sp³-hybridized carbons (Fsp3) is 0.333. The molecule has 1 rings (SSSR count). The minimum atomic E-state index is -0.166. The van der Waals surface area contributed by atoms with Gasteiger partial charge in [0, 0.05) is 19.3 Å². The molecule has 0 unspecified atom stereocenters. The van der Waals surface area contributed by atoms with Crippen LogP contribution >= 0.6 is 0 Å². The summed E-state index contributed by atoms with van der Waals surface area (Å²) in [5.74, 6) is -0.129. The first-order valence-electron chi connectivity index (χ1n) is 3.77. The summed E-state index contributed by atoms with van der Waals surface area (Å²) in [6.07, 6.45) is 6.66. The molecule has 3 heteroatoms. The number of carbonyl (C=O) groups is 2. The smallest absolute Gasteiger partial charge is 0.227 e. The molecule has 0 spiro atoms. The lowest BCUT2D eigenvalue weighted by Gasteiger charge is -2.16. The maximum Gasteiger partial charge on any atom is 0.227 e. The van der Waals surface area contributed by atoms with Crippen molar-refractivity contribution in [1.29, 1.82) is 0 Å². The second kappa shape index (κ2) is 3.34. The first kappa shape index (κ1) is 8.71. The minimum Gasteiger partial charge on any atom is -0.299 e. The molecule has 1 aliphatic rings. The van der Waals surface area contributed by atoms with Gasteiger partial charge >= 0.3 is 0 Å². The van der Waals surface area contributed by atoms with Gasteiger partial charge in [-0.25, -0.2) is 0 Å². The Kier molecular flexibility index (Phi) is 2.43. The number of hydrogen-bond donors (Lipinski definition) is 0. The Bertz CT molecular complexity index is 226. The normalized spacial score (nSPS) is 16.7. The summed E-state index contributed by atoms with van der Waals surface area (Å²) in [6.45, 7) is 3.01. The molecule has 1 aliphatic heterocycles. The molecular formula is C9H11NO2. The number of allylic oxidation sites excluding steroid dienone is 2. The second-order valence-corrected chi connectivity index (χ2v) is 2.75. The molecule has 0 saturated heterocycles. The number of amides is 1. The van der Waals surface area contributed by atoms with E-state index < -0.39 is 0 Å². The number of Topliss-reactive ketones (excluding diaryl/α,β-unsaturated/α-hetero) is 1. The number of hydrogen-bond acceptors (Lipinski definition) is 2. The van der Waals surface area contributed by atoms with Gasteiger partial charge in [-0.1, -0.05) is 12.2 Å². The summed E-state index contributed by atoms with van der Waals surface area (Å²) < 4.78 is 0. The quantitative estimate of drug-likeness (QED) is 0.583. The predicted octanol–water partition coefficient (Wildman–Crippen LogP) is 1.08. The van der Waals surface area contributed by atoms with Gasteiger partial charge in [0.1, 0.15) is 5.78 Å². The Labute approximate surface area is 71.4 Å². The fourth-order valence-electron chi connectivity index (χ4n) is 0.966. The van der Waals surface area contributed by atoms with Gasteiger partial charge in [-0.05, 0) is 6.92 Å². The summed E-state index contributed by atoms with van der Waals surface area (Å²) >= 11 is 0. The van der Waals surface area contributed by atoms with Crippen molar-refractivity contribution in [2.75, 3.05) is 0 Å². The Morgan fingerprint density at radius 2 is 1.67 bits per heavy atom. The Morgan fingerprint density at radius 3 is 2.00 bits per heavy atom. The van der Waals surface area contributed by atoms with Gasteiger partial charge in [0.15, 0.2) is 0 Å². The lowest BCUT2D eigenvalue weighted by Crippen LogP contribution is -2.20. The first-order valence-corrected chi connectivity index (χ1v) is 3.77. The zero-order chi connectivity index (χ0) is 9.14. The van der Waals surface area contributed by atoms with E-state index >= 15 is 0 Å². The van der Waals surface area contributed by atoms with Crippen LogP contribution in [-0.2, 0) is 9.59 Å². The molecule has 0 bridgehead atoms. The van der Waals surface area contributed by atoms with Gasteiger partial charge in [0.25, 0.3) is 0 Å². The van der Waals surface area contributed by atoms with Gasteiger partial charge in [-0.3, -0.25) is 14.5 Å². The number of rotatable bonds is 1. The molecule has 0 saturated carbocycles. The van der Waals surface area contributed by atoms with Gasteiger partial charge in [0.05, 0.1) is 5.92 Å². The van der Waals surface area contributed by atoms with Crippen LogP contribution in [0, 0.1) is 5.92 Å². The summed E-state index contributed by atoms with van der Waals surface area (Å²) in [5.41, 5.74) is 0. The molecule has 0 fully saturated rings.